The van der Waals surface area contributed by atoms with Crippen molar-refractivity contribution in [2.75, 3.05) is 7.05 Å². The summed E-state index contributed by atoms with van der Waals surface area (Å²) in [6.45, 7) is 0.858. The molecule has 0 saturated heterocycles. The van der Waals surface area contributed by atoms with Crippen LogP contribution < -0.4 is 5.32 Å². The molecule has 0 aliphatic rings. The zero-order chi connectivity index (χ0) is 14.5. The fourth-order valence-corrected chi connectivity index (χ4v) is 3.49. The normalized spacial score (nSPS) is 10.7. The Balaban J connectivity index is 1.93. The largest absolute Gasteiger partial charge is 0.315 e. The summed E-state index contributed by atoms with van der Waals surface area (Å²) in [5.41, 5.74) is 3.61. The molecule has 2 nitrogen and oxygen atoms in total. The molecule has 0 spiro atoms. The van der Waals surface area contributed by atoms with Crippen LogP contribution in [0, 0.1) is 0 Å². The van der Waals surface area contributed by atoms with Gasteiger partial charge in [0.25, 0.3) is 0 Å². The molecule has 1 heterocycles. The number of thiazole rings is 1. The third-order valence-corrected chi connectivity index (χ3v) is 4.38. The molecule has 2 aromatic carbocycles. The van der Waals surface area contributed by atoms with Gasteiger partial charge in [0, 0.05) is 23.4 Å². The molecule has 3 rings (SSSR count). The minimum Gasteiger partial charge on any atom is -0.315 e. The molecule has 3 aromatic rings. The Labute approximate surface area is 129 Å². The molecule has 0 fully saturated rings. The van der Waals surface area contributed by atoms with Gasteiger partial charge in [0.15, 0.2) is 0 Å². The van der Waals surface area contributed by atoms with E-state index >= 15 is 0 Å². The van der Waals surface area contributed by atoms with Crippen molar-refractivity contribution < 1.29 is 0 Å². The lowest BCUT2D eigenvalue weighted by Gasteiger charge is -2.00. The molecule has 0 atom stereocenters. The van der Waals surface area contributed by atoms with Crippen LogP contribution in [0.5, 0.6) is 0 Å². The van der Waals surface area contributed by atoms with Gasteiger partial charge in [-0.25, -0.2) is 4.98 Å². The second kappa shape index (κ2) is 6.66. The van der Waals surface area contributed by atoms with Crippen LogP contribution in [0.1, 0.15) is 15.4 Å². The topological polar surface area (TPSA) is 24.9 Å². The smallest absolute Gasteiger partial charge is 0.0979 e. The molecule has 0 saturated carbocycles. The van der Waals surface area contributed by atoms with Crippen LogP contribution in [0.25, 0.3) is 11.3 Å². The maximum Gasteiger partial charge on any atom is 0.0979 e. The van der Waals surface area contributed by atoms with Crippen LogP contribution in [0.15, 0.2) is 60.7 Å². The Morgan fingerprint density at radius 1 is 0.952 bits per heavy atom. The van der Waals surface area contributed by atoms with E-state index in [0.717, 1.165) is 18.7 Å². The second-order valence-electron chi connectivity index (χ2n) is 4.94. The first-order valence-electron chi connectivity index (χ1n) is 7.09. The lowest BCUT2D eigenvalue weighted by atomic mass is 10.1. The van der Waals surface area contributed by atoms with Crippen molar-refractivity contribution in [3.05, 3.63) is 76.1 Å². The van der Waals surface area contributed by atoms with Crippen LogP contribution in [-0.2, 0) is 13.0 Å². The Hall–Kier alpha value is -1.97. The van der Waals surface area contributed by atoms with Crippen LogP contribution in [0.4, 0.5) is 0 Å². The molecular weight excluding hydrogens is 276 g/mol. The third-order valence-electron chi connectivity index (χ3n) is 3.32. The molecule has 0 amide bonds. The van der Waals surface area contributed by atoms with Crippen molar-refractivity contribution in [3.8, 4) is 11.3 Å². The van der Waals surface area contributed by atoms with Crippen molar-refractivity contribution in [3.63, 3.8) is 0 Å². The lowest BCUT2D eigenvalue weighted by Crippen LogP contribution is -2.04. The molecule has 0 aliphatic heterocycles. The number of nitrogens with one attached hydrogen (secondary N) is 1. The zero-order valence-corrected chi connectivity index (χ0v) is 12.9. The summed E-state index contributed by atoms with van der Waals surface area (Å²) in [6.07, 6.45) is 0.898. The molecule has 1 aromatic heterocycles. The first kappa shape index (κ1) is 14.0. The predicted molar refractivity (Wildman–Crippen MR) is 89.6 cm³/mol. The van der Waals surface area contributed by atoms with Crippen LogP contribution >= 0.6 is 11.3 Å². The Morgan fingerprint density at radius 2 is 1.62 bits per heavy atom. The molecule has 0 aliphatic carbocycles. The standard InChI is InChI=1S/C18H18N2S/c1-19-13-16-18(15-10-6-3-7-11-15)20-17(21-16)12-14-8-4-2-5-9-14/h2-11,19H,12-13H2,1H3. The summed E-state index contributed by atoms with van der Waals surface area (Å²) in [4.78, 5) is 6.17. The van der Waals surface area contributed by atoms with E-state index in [0.29, 0.717) is 0 Å². The van der Waals surface area contributed by atoms with E-state index in [1.807, 2.05) is 19.2 Å². The maximum atomic E-state index is 4.87. The molecule has 0 bridgehead atoms. The minimum absolute atomic E-state index is 0.858. The van der Waals surface area contributed by atoms with Gasteiger partial charge in [-0.1, -0.05) is 60.7 Å². The monoisotopic (exact) mass is 294 g/mol. The van der Waals surface area contributed by atoms with E-state index in [1.54, 1.807) is 11.3 Å². The SMILES string of the molecule is CNCc1sc(Cc2ccccc2)nc1-c1ccccc1. The summed E-state index contributed by atoms with van der Waals surface area (Å²) < 4.78 is 0. The quantitative estimate of drug-likeness (QED) is 0.765. The average Bonchev–Trinajstić information content (AvgIpc) is 2.92. The van der Waals surface area contributed by atoms with Crippen LogP contribution in [0.2, 0.25) is 0 Å². The summed E-state index contributed by atoms with van der Waals surface area (Å²) in [6, 6.07) is 20.9. The summed E-state index contributed by atoms with van der Waals surface area (Å²) >= 11 is 1.80. The Bertz CT molecular complexity index is 690. The lowest BCUT2D eigenvalue weighted by molar-refractivity contribution is 0.831. The number of aromatic nitrogens is 1. The molecule has 3 heteroatoms. The second-order valence-corrected chi connectivity index (χ2v) is 6.11. The minimum atomic E-state index is 0.858. The van der Waals surface area contributed by atoms with Crippen molar-refractivity contribution in [1.29, 1.82) is 0 Å². The van der Waals surface area contributed by atoms with Gasteiger partial charge < -0.3 is 5.32 Å². The van der Waals surface area contributed by atoms with E-state index in [2.05, 4.69) is 53.8 Å². The first-order chi connectivity index (χ1) is 10.4. The van der Waals surface area contributed by atoms with Crippen molar-refractivity contribution in [1.82, 2.24) is 10.3 Å². The predicted octanol–water partition coefficient (Wildman–Crippen LogP) is 4.12. The van der Waals surface area contributed by atoms with Gasteiger partial charge in [0.1, 0.15) is 0 Å². The van der Waals surface area contributed by atoms with Gasteiger partial charge in [-0.15, -0.1) is 11.3 Å². The Kier molecular flexibility index (Phi) is 4.43. The maximum absolute atomic E-state index is 4.87. The fourth-order valence-electron chi connectivity index (χ4n) is 2.35. The highest BCUT2D eigenvalue weighted by Crippen LogP contribution is 2.29. The van der Waals surface area contributed by atoms with Gasteiger partial charge in [-0.05, 0) is 12.6 Å². The molecule has 106 valence electrons. The van der Waals surface area contributed by atoms with Crippen molar-refractivity contribution in [2.45, 2.75) is 13.0 Å². The highest BCUT2D eigenvalue weighted by atomic mass is 32.1. The number of hydrogen-bond donors (Lipinski definition) is 1. The first-order valence-corrected chi connectivity index (χ1v) is 7.91. The Morgan fingerprint density at radius 3 is 2.29 bits per heavy atom. The van der Waals surface area contributed by atoms with E-state index < -0.39 is 0 Å². The highest BCUT2D eigenvalue weighted by Gasteiger charge is 2.12. The highest BCUT2D eigenvalue weighted by molar-refractivity contribution is 7.12. The average molecular weight is 294 g/mol. The van der Waals surface area contributed by atoms with Gasteiger partial charge in [0.2, 0.25) is 0 Å². The van der Waals surface area contributed by atoms with Gasteiger partial charge in [0.05, 0.1) is 10.7 Å². The van der Waals surface area contributed by atoms with E-state index in [1.165, 1.54) is 21.0 Å². The fraction of sp³-hybridized carbons (Fsp3) is 0.167. The third kappa shape index (κ3) is 3.38. The number of hydrogen-bond acceptors (Lipinski definition) is 3. The van der Waals surface area contributed by atoms with Crippen LogP contribution in [0.3, 0.4) is 0 Å². The number of benzene rings is 2. The summed E-state index contributed by atoms with van der Waals surface area (Å²) in [7, 11) is 1.98. The molecule has 0 radical (unpaired) electrons. The summed E-state index contributed by atoms with van der Waals surface area (Å²) in [5, 5.41) is 4.41. The van der Waals surface area contributed by atoms with Gasteiger partial charge in [-0.3, -0.25) is 0 Å². The summed E-state index contributed by atoms with van der Waals surface area (Å²) in [5.74, 6) is 0. The van der Waals surface area contributed by atoms with Crippen LogP contribution in [-0.4, -0.2) is 12.0 Å². The zero-order valence-electron chi connectivity index (χ0n) is 12.0. The van der Waals surface area contributed by atoms with Gasteiger partial charge in [-0.2, -0.15) is 0 Å². The van der Waals surface area contributed by atoms with Gasteiger partial charge >= 0.3 is 0 Å². The van der Waals surface area contributed by atoms with E-state index in [4.69, 9.17) is 4.98 Å². The number of rotatable bonds is 5. The van der Waals surface area contributed by atoms with Crippen molar-refractivity contribution >= 4 is 11.3 Å². The molecule has 1 N–H and O–H groups in total. The molecule has 21 heavy (non-hydrogen) atoms. The molecular formula is C18H18N2S. The molecule has 0 unspecified atom stereocenters. The van der Waals surface area contributed by atoms with E-state index in [-0.39, 0.29) is 0 Å². The van der Waals surface area contributed by atoms with E-state index in [9.17, 15) is 0 Å². The number of nitrogens with zero attached hydrogens (tertiary/aromatic N) is 1. The van der Waals surface area contributed by atoms with Crippen molar-refractivity contribution in [2.24, 2.45) is 0 Å².